The first-order valence-electron chi connectivity index (χ1n) is 10.0. The fourth-order valence-electron chi connectivity index (χ4n) is 3.20. The Morgan fingerprint density at radius 3 is 1.94 bits per heavy atom. The van der Waals surface area contributed by atoms with E-state index in [4.69, 9.17) is 16.7 Å². The number of amides is 2. The summed E-state index contributed by atoms with van der Waals surface area (Å²) in [6, 6.07) is 4.49. The van der Waals surface area contributed by atoms with Crippen molar-refractivity contribution in [3.8, 4) is 0 Å². The lowest BCUT2D eigenvalue weighted by atomic mass is 9.83. The van der Waals surface area contributed by atoms with Crippen LogP contribution in [0.15, 0.2) is 24.3 Å². The summed E-state index contributed by atoms with van der Waals surface area (Å²) in [5.74, 6) is -4.18. The van der Waals surface area contributed by atoms with Crippen LogP contribution in [0.4, 0.5) is 0 Å². The summed E-state index contributed by atoms with van der Waals surface area (Å²) < 4.78 is 0. The fraction of sp³-hybridized carbons (Fsp3) is 0.545. The lowest BCUT2D eigenvalue weighted by Gasteiger charge is -2.33. The largest absolute Gasteiger partial charge is 0.481 e. The van der Waals surface area contributed by atoms with Gasteiger partial charge in [0.1, 0.15) is 12.1 Å². The van der Waals surface area contributed by atoms with Gasteiger partial charge < -0.3 is 20.8 Å². The fourth-order valence-corrected chi connectivity index (χ4v) is 3.32. The Balaban J connectivity index is 3.08. The molecule has 0 spiro atoms. The van der Waals surface area contributed by atoms with Gasteiger partial charge in [-0.25, -0.2) is 4.79 Å². The van der Waals surface area contributed by atoms with Crippen molar-refractivity contribution in [2.45, 2.75) is 65.5 Å². The van der Waals surface area contributed by atoms with Crippen LogP contribution in [0, 0.1) is 11.3 Å². The van der Waals surface area contributed by atoms with E-state index in [1.165, 1.54) is 0 Å². The molecular formula is C22H31ClN2O6. The highest BCUT2D eigenvalue weighted by Crippen LogP contribution is 2.28. The van der Waals surface area contributed by atoms with Gasteiger partial charge in [-0.3, -0.25) is 14.4 Å². The van der Waals surface area contributed by atoms with Gasteiger partial charge in [0.25, 0.3) is 0 Å². The molecule has 172 valence electrons. The van der Waals surface area contributed by atoms with Crippen LogP contribution in [-0.4, -0.2) is 46.0 Å². The minimum Gasteiger partial charge on any atom is -0.481 e. The van der Waals surface area contributed by atoms with Gasteiger partial charge in [-0.15, -0.1) is 0 Å². The molecule has 1 rings (SSSR count). The van der Waals surface area contributed by atoms with Crippen molar-refractivity contribution in [3.63, 3.8) is 0 Å². The number of rotatable bonds is 10. The van der Waals surface area contributed by atoms with Gasteiger partial charge in [0.05, 0.1) is 5.92 Å². The van der Waals surface area contributed by atoms with Crippen molar-refractivity contribution >= 4 is 35.4 Å². The third-order valence-corrected chi connectivity index (χ3v) is 5.11. The zero-order valence-electron chi connectivity index (χ0n) is 18.4. The molecule has 0 radical (unpaired) electrons. The maximum atomic E-state index is 13.1. The van der Waals surface area contributed by atoms with Gasteiger partial charge in [0.15, 0.2) is 0 Å². The van der Waals surface area contributed by atoms with E-state index in [2.05, 4.69) is 10.6 Å². The van der Waals surface area contributed by atoms with Crippen molar-refractivity contribution in [2.24, 2.45) is 11.3 Å². The molecule has 0 aliphatic carbocycles. The van der Waals surface area contributed by atoms with Crippen molar-refractivity contribution in [3.05, 3.63) is 34.9 Å². The van der Waals surface area contributed by atoms with E-state index in [0.717, 1.165) is 5.56 Å². The van der Waals surface area contributed by atoms with Gasteiger partial charge in [0, 0.05) is 11.4 Å². The lowest BCUT2D eigenvalue weighted by Crippen LogP contribution is -2.57. The molecule has 8 nitrogen and oxygen atoms in total. The molecule has 0 saturated carbocycles. The monoisotopic (exact) mass is 454 g/mol. The highest BCUT2D eigenvalue weighted by Gasteiger charge is 2.37. The Hall–Kier alpha value is -2.61. The molecule has 1 aromatic rings. The van der Waals surface area contributed by atoms with E-state index in [1.807, 2.05) is 13.8 Å². The van der Waals surface area contributed by atoms with E-state index >= 15 is 0 Å². The normalized spacial score (nSPS) is 14.4. The maximum absolute atomic E-state index is 13.1. The first kappa shape index (κ1) is 26.4. The number of hydrogen-bond donors (Lipinski definition) is 4. The van der Waals surface area contributed by atoms with E-state index in [9.17, 15) is 24.3 Å². The molecule has 1 unspecified atom stereocenters. The number of halogens is 1. The highest BCUT2D eigenvalue weighted by molar-refractivity contribution is 6.30. The SMILES string of the molecule is CC(C)[C@@H](C(=O)NC(C(=O)N[C@H](CCC(=O)O)C(=O)O)C(C)(C)C)c1ccc(Cl)cc1. The Kier molecular flexibility index (Phi) is 9.49. The molecule has 0 aliphatic rings. The molecule has 9 heteroatoms. The summed E-state index contributed by atoms with van der Waals surface area (Å²) in [7, 11) is 0. The number of carboxylic acids is 2. The van der Waals surface area contributed by atoms with Gasteiger partial charge in [0.2, 0.25) is 11.8 Å². The number of carbonyl (C=O) groups is 4. The quantitative estimate of drug-likeness (QED) is 0.429. The molecule has 0 aromatic heterocycles. The summed E-state index contributed by atoms with van der Waals surface area (Å²) in [4.78, 5) is 48.3. The molecule has 0 fully saturated rings. The predicted molar refractivity (Wildman–Crippen MR) is 117 cm³/mol. The summed E-state index contributed by atoms with van der Waals surface area (Å²) in [6.45, 7) is 9.01. The average Bonchev–Trinajstić information content (AvgIpc) is 2.63. The minimum absolute atomic E-state index is 0.0767. The van der Waals surface area contributed by atoms with E-state index in [0.29, 0.717) is 5.02 Å². The number of nitrogens with one attached hydrogen (secondary N) is 2. The van der Waals surface area contributed by atoms with E-state index in [1.54, 1.807) is 45.0 Å². The van der Waals surface area contributed by atoms with Gasteiger partial charge in [-0.1, -0.05) is 58.4 Å². The van der Waals surface area contributed by atoms with Crippen molar-refractivity contribution in [2.75, 3.05) is 0 Å². The molecular weight excluding hydrogens is 424 g/mol. The minimum atomic E-state index is -1.37. The topological polar surface area (TPSA) is 133 Å². The van der Waals surface area contributed by atoms with Crippen molar-refractivity contribution in [1.29, 1.82) is 0 Å². The summed E-state index contributed by atoms with van der Waals surface area (Å²) >= 11 is 5.94. The van der Waals surface area contributed by atoms with Gasteiger partial charge >= 0.3 is 11.9 Å². The Labute approximate surface area is 187 Å². The molecule has 2 amide bonds. The lowest BCUT2D eigenvalue weighted by molar-refractivity contribution is -0.144. The molecule has 1 aromatic carbocycles. The van der Waals surface area contributed by atoms with E-state index in [-0.39, 0.29) is 18.2 Å². The van der Waals surface area contributed by atoms with Crippen LogP contribution in [0.25, 0.3) is 0 Å². The van der Waals surface area contributed by atoms with Crippen LogP contribution >= 0.6 is 11.6 Å². The van der Waals surface area contributed by atoms with Crippen LogP contribution < -0.4 is 10.6 Å². The third kappa shape index (κ3) is 8.20. The second-order valence-electron chi connectivity index (χ2n) is 8.91. The van der Waals surface area contributed by atoms with E-state index < -0.39 is 47.7 Å². The zero-order chi connectivity index (χ0) is 23.9. The Morgan fingerprint density at radius 1 is 0.968 bits per heavy atom. The van der Waals surface area contributed by atoms with Crippen LogP contribution in [0.5, 0.6) is 0 Å². The molecule has 0 bridgehead atoms. The predicted octanol–water partition coefficient (Wildman–Crippen LogP) is 3.04. The van der Waals surface area contributed by atoms with Crippen LogP contribution in [-0.2, 0) is 19.2 Å². The number of carbonyl (C=O) groups excluding carboxylic acids is 2. The summed E-state index contributed by atoms with van der Waals surface area (Å²) in [5, 5.41) is 23.8. The molecule has 0 aliphatic heterocycles. The van der Waals surface area contributed by atoms with Gasteiger partial charge in [-0.2, -0.15) is 0 Å². The third-order valence-electron chi connectivity index (χ3n) is 4.85. The van der Waals surface area contributed by atoms with Crippen LogP contribution in [0.3, 0.4) is 0 Å². The van der Waals surface area contributed by atoms with Crippen LogP contribution in [0.2, 0.25) is 5.02 Å². The molecule has 0 saturated heterocycles. The highest BCUT2D eigenvalue weighted by atomic mass is 35.5. The molecule has 31 heavy (non-hydrogen) atoms. The molecule has 3 atom stereocenters. The Morgan fingerprint density at radius 2 is 1.52 bits per heavy atom. The molecule has 0 heterocycles. The van der Waals surface area contributed by atoms with Gasteiger partial charge in [-0.05, 0) is 35.4 Å². The number of hydrogen-bond acceptors (Lipinski definition) is 4. The number of carboxylic acid groups (broad SMARTS) is 2. The second-order valence-corrected chi connectivity index (χ2v) is 9.35. The first-order valence-corrected chi connectivity index (χ1v) is 10.4. The summed E-state index contributed by atoms with van der Waals surface area (Å²) in [5.41, 5.74) is 0.0201. The maximum Gasteiger partial charge on any atom is 0.326 e. The standard InChI is InChI=1S/C22H31ClN2O6/c1-12(2)17(13-6-8-14(23)9-7-13)19(28)25-18(22(3,4)5)20(29)24-15(21(30)31)10-11-16(26)27/h6-9,12,15,17-18H,10-11H2,1-5H3,(H,24,29)(H,25,28)(H,26,27)(H,30,31)/t15-,17-,18?/m1/s1. The average molecular weight is 455 g/mol. The number of aliphatic carboxylic acids is 2. The smallest absolute Gasteiger partial charge is 0.326 e. The summed E-state index contributed by atoms with van der Waals surface area (Å²) in [6.07, 6.45) is -0.670. The second kappa shape index (κ2) is 11.1. The molecule has 4 N–H and O–H groups in total. The van der Waals surface area contributed by atoms with Crippen molar-refractivity contribution < 1.29 is 29.4 Å². The zero-order valence-corrected chi connectivity index (χ0v) is 19.2. The van der Waals surface area contributed by atoms with Crippen molar-refractivity contribution in [1.82, 2.24) is 10.6 Å². The Bertz CT molecular complexity index is 801. The van der Waals surface area contributed by atoms with Crippen LogP contribution in [0.1, 0.15) is 58.9 Å². The first-order chi connectivity index (χ1) is 14.2. The number of benzene rings is 1.